The number of hydrogen-bond donors (Lipinski definition) is 0. The predicted octanol–water partition coefficient (Wildman–Crippen LogP) is 4.07. The molecule has 2 aromatic rings. The summed E-state index contributed by atoms with van der Waals surface area (Å²) in [4.78, 5) is 11.8. The molecular weight excluding hydrogens is 301 g/mol. The Morgan fingerprint density at radius 1 is 1.10 bits per heavy atom. The molecule has 1 aromatic heterocycles. The minimum Gasteiger partial charge on any atom is -0.463 e. The van der Waals surface area contributed by atoms with Crippen LogP contribution in [0.1, 0.15) is 18.9 Å². The minimum atomic E-state index is 0.0210. The van der Waals surface area contributed by atoms with E-state index in [1.165, 1.54) is 0 Å². The molecule has 0 unspecified atom stereocenters. The highest BCUT2D eigenvalue weighted by molar-refractivity contribution is 6.30. The smallest absolute Gasteiger partial charge is 0.329 e. The van der Waals surface area contributed by atoms with Crippen LogP contribution in [0, 0.1) is 6.92 Å². The van der Waals surface area contributed by atoms with E-state index in [1.54, 1.807) is 18.2 Å². The van der Waals surface area contributed by atoms with Crippen molar-refractivity contribution < 1.29 is 9.47 Å². The number of nitrogens with zero attached hydrogens (tertiary/aromatic N) is 3. The third kappa shape index (κ3) is 3.95. The average Bonchev–Trinajstić information content (AvgIpc) is 2.39. The fourth-order valence-corrected chi connectivity index (χ4v) is 1.82. The normalized spacial score (nSPS) is 10.4. The number of halogens is 2. The first kappa shape index (κ1) is 14.8. The van der Waals surface area contributed by atoms with Gasteiger partial charge in [0.2, 0.25) is 5.28 Å². The van der Waals surface area contributed by atoms with Crippen molar-refractivity contribution in [1.29, 1.82) is 0 Å². The zero-order valence-corrected chi connectivity index (χ0v) is 12.6. The maximum absolute atomic E-state index is 5.89. The van der Waals surface area contributed by atoms with Gasteiger partial charge in [-0.3, -0.25) is 0 Å². The van der Waals surface area contributed by atoms with Gasteiger partial charge >= 0.3 is 12.0 Å². The Labute approximate surface area is 126 Å². The van der Waals surface area contributed by atoms with Gasteiger partial charge in [0.15, 0.2) is 0 Å². The van der Waals surface area contributed by atoms with Crippen LogP contribution >= 0.6 is 23.2 Å². The largest absolute Gasteiger partial charge is 0.463 e. The van der Waals surface area contributed by atoms with Gasteiger partial charge in [-0.25, -0.2) is 0 Å². The molecular formula is C13H13Cl2N3O2. The third-order valence-corrected chi connectivity index (χ3v) is 2.74. The molecule has 0 fully saturated rings. The Bertz CT molecular complexity index is 608. The summed E-state index contributed by atoms with van der Waals surface area (Å²) in [5.41, 5.74) is 0.866. The van der Waals surface area contributed by atoms with Crippen LogP contribution in [0.4, 0.5) is 0 Å². The Morgan fingerprint density at radius 2 is 1.85 bits per heavy atom. The molecule has 0 aliphatic heterocycles. The van der Waals surface area contributed by atoms with Crippen LogP contribution in [0.15, 0.2) is 18.2 Å². The van der Waals surface area contributed by atoms with E-state index in [9.17, 15) is 0 Å². The maximum Gasteiger partial charge on any atom is 0.329 e. The Kier molecular flexibility index (Phi) is 4.98. The summed E-state index contributed by atoms with van der Waals surface area (Å²) in [6.45, 7) is 4.36. The molecule has 0 atom stereocenters. The maximum atomic E-state index is 5.89. The molecule has 0 amide bonds. The van der Waals surface area contributed by atoms with E-state index in [0.717, 1.165) is 12.0 Å². The minimum absolute atomic E-state index is 0.0210. The molecule has 20 heavy (non-hydrogen) atoms. The first-order valence-electron chi connectivity index (χ1n) is 6.07. The van der Waals surface area contributed by atoms with Gasteiger partial charge in [0.1, 0.15) is 5.75 Å². The molecule has 5 nitrogen and oxygen atoms in total. The van der Waals surface area contributed by atoms with Crippen molar-refractivity contribution in [2.45, 2.75) is 20.3 Å². The number of benzene rings is 1. The van der Waals surface area contributed by atoms with Crippen LogP contribution in [-0.2, 0) is 0 Å². The van der Waals surface area contributed by atoms with Gasteiger partial charge < -0.3 is 9.47 Å². The monoisotopic (exact) mass is 313 g/mol. The summed E-state index contributed by atoms with van der Waals surface area (Å²) in [6.07, 6.45) is 0.843. The van der Waals surface area contributed by atoms with Crippen molar-refractivity contribution in [1.82, 2.24) is 15.0 Å². The number of hydrogen-bond acceptors (Lipinski definition) is 5. The number of aromatic nitrogens is 3. The van der Waals surface area contributed by atoms with Crippen LogP contribution in [-0.4, -0.2) is 21.6 Å². The third-order valence-electron chi connectivity index (χ3n) is 2.34. The highest BCUT2D eigenvalue weighted by Crippen LogP contribution is 2.26. The van der Waals surface area contributed by atoms with Gasteiger partial charge in [0.05, 0.1) is 6.61 Å². The summed E-state index contributed by atoms with van der Waals surface area (Å²) < 4.78 is 10.9. The molecule has 7 heteroatoms. The number of ether oxygens (including phenoxy) is 2. The first-order valence-corrected chi connectivity index (χ1v) is 6.82. The van der Waals surface area contributed by atoms with Crippen molar-refractivity contribution >= 4 is 23.2 Å². The lowest BCUT2D eigenvalue weighted by Crippen LogP contribution is -2.03. The zero-order valence-electron chi connectivity index (χ0n) is 11.1. The summed E-state index contributed by atoms with van der Waals surface area (Å²) in [6, 6.07) is 5.48. The van der Waals surface area contributed by atoms with Gasteiger partial charge in [-0.1, -0.05) is 18.5 Å². The molecule has 0 bridgehead atoms. The van der Waals surface area contributed by atoms with Gasteiger partial charge in [-0.05, 0) is 48.7 Å². The molecule has 0 aliphatic carbocycles. The molecule has 2 rings (SSSR count). The molecule has 0 saturated carbocycles. The second-order valence-electron chi connectivity index (χ2n) is 4.03. The predicted molar refractivity (Wildman–Crippen MR) is 76.9 cm³/mol. The Hall–Kier alpha value is -1.59. The van der Waals surface area contributed by atoms with E-state index < -0.39 is 0 Å². The van der Waals surface area contributed by atoms with Crippen molar-refractivity contribution in [3.63, 3.8) is 0 Å². The van der Waals surface area contributed by atoms with Crippen LogP contribution in [0.3, 0.4) is 0 Å². The fourth-order valence-electron chi connectivity index (χ4n) is 1.44. The lowest BCUT2D eigenvalue weighted by molar-refractivity contribution is 0.284. The van der Waals surface area contributed by atoms with Gasteiger partial charge in [-0.15, -0.1) is 4.98 Å². The average molecular weight is 314 g/mol. The van der Waals surface area contributed by atoms with Gasteiger partial charge in [0.25, 0.3) is 0 Å². The standard InChI is InChI=1S/C13H13Cl2N3O2/c1-3-6-19-12-16-11(15)17-13(18-12)20-10-5-4-9(14)7-8(10)2/h4-5,7H,3,6H2,1-2H3. The van der Waals surface area contributed by atoms with E-state index in [4.69, 9.17) is 32.7 Å². The second kappa shape index (κ2) is 6.72. The Morgan fingerprint density at radius 3 is 2.55 bits per heavy atom. The van der Waals surface area contributed by atoms with Crippen molar-refractivity contribution in [3.8, 4) is 17.8 Å². The second-order valence-corrected chi connectivity index (χ2v) is 4.80. The van der Waals surface area contributed by atoms with E-state index in [1.807, 2.05) is 13.8 Å². The SMILES string of the molecule is CCCOc1nc(Cl)nc(Oc2ccc(Cl)cc2C)n1. The van der Waals surface area contributed by atoms with Crippen molar-refractivity contribution in [2.24, 2.45) is 0 Å². The highest BCUT2D eigenvalue weighted by atomic mass is 35.5. The molecule has 0 radical (unpaired) electrons. The van der Waals surface area contributed by atoms with E-state index in [2.05, 4.69) is 15.0 Å². The van der Waals surface area contributed by atoms with Gasteiger partial charge in [-0.2, -0.15) is 9.97 Å². The van der Waals surface area contributed by atoms with E-state index >= 15 is 0 Å². The summed E-state index contributed by atoms with van der Waals surface area (Å²) >= 11 is 11.7. The Balaban J connectivity index is 2.21. The first-order chi connectivity index (χ1) is 9.58. The number of aryl methyl sites for hydroxylation is 1. The topological polar surface area (TPSA) is 57.1 Å². The number of rotatable bonds is 5. The quantitative estimate of drug-likeness (QED) is 0.832. The fraction of sp³-hybridized carbons (Fsp3) is 0.308. The van der Waals surface area contributed by atoms with Crippen LogP contribution in [0.25, 0.3) is 0 Å². The van der Waals surface area contributed by atoms with Crippen molar-refractivity contribution in [2.75, 3.05) is 6.61 Å². The van der Waals surface area contributed by atoms with E-state index in [0.29, 0.717) is 17.4 Å². The van der Waals surface area contributed by atoms with Crippen LogP contribution < -0.4 is 9.47 Å². The molecule has 0 spiro atoms. The molecule has 0 aliphatic rings. The summed E-state index contributed by atoms with van der Waals surface area (Å²) in [5.74, 6) is 0.595. The van der Waals surface area contributed by atoms with E-state index in [-0.39, 0.29) is 17.3 Å². The molecule has 1 heterocycles. The molecule has 1 aromatic carbocycles. The zero-order chi connectivity index (χ0) is 14.5. The highest BCUT2D eigenvalue weighted by Gasteiger charge is 2.09. The molecule has 106 valence electrons. The molecule has 0 saturated heterocycles. The summed E-state index contributed by atoms with van der Waals surface area (Å²) in [7, 11) is 0. The van der Waals surface area contributed by atoms with Crippen LogP contribution in [0.2, 0.25) is 10.3 Å². The van der Waals surface area contributed by atoms with Crippen LogP contribution in [0.5, 0.6) is 17.8 Å². The van der Waals surface area contributed by atoms with Gasteiger partial charge in [0, 0.05) is 5.02 Å². The molecule has 0 N–H and O–H groups in total. The lowest BCUT2D eigenvalue weighted by Gasteiger charge is -2.08. The summed E-state index contributed by atoms with van der Waals surface area (Å²) in [5, 5.41) is 0.656. The van der Waals surface area contributed by atoms with Crippen molar-refractivity contribution in [3.05, 3.63) is 34.1 Å². The lowest BCUT2D eigenvalue weighted by atomic mass is 10.2.